The molecule has 4 rings (SSSR count). The Labute approximate surface area is 241 Å². The van der Waals surface area contributed by atoms with E-state index in [4.69, 9.17) is 15.0 Å². The Morgan fingerprint density at radius 2 is 1.40 bits per heavy atom. The van der Waals surface area contributed by atoms with Gasteiger partial charge >= 0.3 is 20.2 Å². The van der Waals surface area contributed by atoms with Gasteiger partial charge in [-0.25, -0.2) is 0 Å². The van der Waals surface area contributed by atoms with Gasteiger partial charge in [-0.1, -0.05) is 12.1 Å². The predicted molar refractivity (Wildman–Crippen MR) is 148 cm³/mol. The summed E-state index contributed by atoms with van der Waals surface area (Å²) in [5, 5.41) is 37.1. The van der Waals surface area contributed by atoms with E-state index in [0.717, 1.165) is 5.56 Å². The van der Waals surface area contributed by atoms with Crippen LogP contribution in [0.25, 0.3) is 0 Å². The van der Waals surface area contributed by atoms with Gasteiger partial charge in [0.1, 0.15) is 6.04 Å². The molecule has 2 heterocycles. The Hall–Kier alpha value is -4.24. The van der Waals surface area contributed by atoms with Gasteiger partial charge in [0.05, 0.1) is 25.7 Å². The molecule has 2 aliphatic rings. The molecule has 220 valence electrons. The summed E-state index contributed by atoms with van der Waals surface area (Å²) in [5.41, 5.74) is 7.73. The van der Waals surface area contributed by atoms with Gasteiger partial charge < -0.3 is 46.1 Å². The topological polar surface area (TPSA) is 227 Å². The minimum absolute atomic E-state index is 0.0585. The summed E-state index contributed by atoms with van der Waals surface area (Å²) in [4.78, 5) is 62.5. The van der Waals surface area contributed by atoms with Crippen molar-refractivity contribution >= 4 is 54.8 Å². The zero-order valence-corrected chi connectivity index (χ0v) is 22.7. The minimum Gasteiger partial charge on any atom is -0.481 e. The molecule has 2 aromatic carbocycles. The summed E-state index contributed by atoms with van der Waals surface area (Å²) in [7, 11) is -2.38. The van der Waals surface area contributed by atoms with Crippen molar-refractivity contribution in [3.8, 4) is 0 Å². The molecule has 14 nitrogen and oxygen atoms in total. The Morgan fingerprint density at radius 3 is 1.90 bits per heavy atom. The second kappa shape index (κ2) is 13.2. The van der Waals surface area contributed by atoms with E-state index in [2.05, 4.69) is 16.0 Å². The maximum atomic E-state index is 13.4. The lowest BCUT2D eigenvalue weighted by Crippen LogP contribution is -2.59. The molecule has 0 fully saturated rings. The Morgan fingerprint density at radius 1 is 0.881 bits per heavy atom. The normalized spacial score (nSPS) is 15.7. The lowest BCUT2D eigenvalue weighted by molar-refractivity contribution is -0.138. The Balaban J connectivity index is 1.55. The lowest BCUT2D eigenvalue weighted by Gasteiger charge is -2.27. The fourth-order valence-corrected chi connectivity index (χ4v) is 4.77. The molecule has 0 aliphatic carbocycles. The van der Waals surface area contributed by atoms with Gasteiger partial charge in [-0.15, -0.1) is 0 Å². The molecule has 0 aromatic heterocycles. The number of amides is 4. The highest BCUT2D eigenvalue weighted by Crippen LogP contribution is 2.14. The largest absolute Gasteiger partial charge is 0.491 e. The summed E-state index contributed by atoms with van der Waals surface area (Å²) in [6.45, 7) is 1.85. The van der Waals surface area contributed by atoms with Gasteiger partial charge in [0.15, 0.2) is 0 Å². The van der Waals surface area contributed by atoms with E-state index in [0.29, 0.717) is 16.5 Å². The molecule has 0 saturated carbocycles. The van der Waals surface area contributed by atoms with Gasteiger partial charge in [0.2, 0.25) is 11.8 Å². The average molecular weight is 580 g/mol. The Kier molecular flexibility index (Phi) is 9.63. The number of carboxylic acids is 1. The molecule has 0 unspecified atom stereocenters. The SMILES string of the molecule is C[C@H](NC(=O)c1ccc2c(c1)B(O)OC2)[C@H](NC(=O)c1ccc2c(c1)B(O)OC2)C(=O)N[C@@H](CCC(N)=O)CC(=O)O. The first-order valence-electron chi connectivity index (χ1n) is 13.2. The first-order valence-corrected chi connectivity index (χ1v) is 13.2. The van der Waals surface area contributed by atoms with Crippen molar-refractivity contribution in [2.45, 2.75) is 57.5 Å². The summed E-state index contributed by atoms with van der Waals surface area (Å²) in [6, 6.07) is 5.75. The van der Waals surface area contributed by atoms with Crippen molar-refractivity contribution in [3.05, 3.63) is 58.7 Å². The number of hydrogen-bond donors (Lipinski definition) is 7. The van der Waals surface area contributed by atoms with E-state index in [9.17, 15) is 39.1 Å². The lowest BCUT2D eigenvalue weighted by atomic mass is 9.78. The molecule has 16 heteroatoms. The van der Waals surface area contributed by atoms with Crippen molar-refractivity contribution in [2.24, 2.45) is 5.73 Å². The molecule has 2 aromatic rings. The van der Waals surface area contributed by atoms with Crippen molar-refractivity contribution in [2.75, 3.05) is 0 Å². The van der Waals surface area contributed by atoms with Crippen molar-refractivity contribution in [3.63, 3.8) is 0 Å². The van der Waals surface area contributed by atoms with E-state index < -0.39 is 68.4 Å². The maximum Gasteiger partial charge on any atom is 0.491 e. The number of rotatable bonds is 12. The van der Waals surface area contributed by atoms with E-state index >= 15 is 0 Å². The number of carboxylic acid groups (broad SMARTS) is 1. The van der Waals surface area contributed by atoms with Crippen LogP contribution in [-0.4, -0.2) is 77.1 Å². The third-order valence-electron chi connectivity index (χ3n) is 7.08. The van der Waals surface area contributed by atoms with Crippen LogP contribution in [0, 0.1) is 0 Å². The molecule has 8 N–H and O–H groups in total. The molecule has 2 aliphatic heterocycles. The molecule has 0 radical (unpaired) electrons. The van der Waals surface area contributed by atoms with Crippen LogP contribution in [0.2, 0.25) is 0 Å². The fraction of sp³-hybridized carbons (Fsp3) is 0.346. The minimum atomic E-state index is -1.40. The van der Waals surface area contributed by atoms with Crippen LogP contribution in [0.5, 0.6) is 0 Å². The number of primary amides is 1. The predicted octanol–water partition coefficient (Wildman–Crippen LogP) is -2.74. The first-order chi connectivity index (χ1) is 19.9. The average Bonchev–Trinajstić information content (AvgIpc) is 3.50. The van der Waals surface area contributed by atoms with E-state index in [-0.39, 0.29) is 37.2 Å². The smallest absolute Gasteiger partial charge is 0.481 e. The summed E-state index contributed by atoms with van der Waals surface area (Å²) >= 11 is 0. The van der Waals surface area contributed by atoms with Gasteiger partial charge in [0, 0.05) is 23.6 Å². The molecule has 4 amide bonds. The standard InChI is InChI=1S/C26H30B2N4O10/c1-13(30-24(36)14-2-4-16-11-41-27(39)19(16)8-14)23(26(38)31-18(10-22(34)35)6-7-21(29)33)32-25(37)15-3-5-17-12-42-28(40)20(17)9-15/h2-5,8-9,13,18,23,39-40H,6-7,10-12H2,1H3,(H2,29,33)(H,30,36)(H,31,38)(H,32,37)(H,34,35)/t13-,18-,23-/m0/s1. The first kappa shape index (κ1) is 30.7. The van der Waals surface area contributed by atoms with Crippen molar-refractivity contribution < 1.29 is 48.4 Å². The number of carbonyl (C=O) groups excluding carboxylic acids is 4. The monoisotopic (exact) mass is 580 g/mol. The van der Waals surface area contributed by atoms with Crippen LogP contribution in [-0.2, 0) is 36.9 Å². The van der Waals surface area contributed by atoms with Crippen molar-refractivity contribution in [1.82, 2.24) is 16.0 Å². The molecule has 0 bridgehead atoms. The second-order valence-electron chi connectivity index (χ2n) is 10.2. The van der Waals surface area contributed by atoms with Gasteiger partial charge in [-0.05, 0) is 59.7 Å². The molecular weight excluding hydrogens is 550 g/mol. The van der Waals surface area contributed by atoms with Crippen LogP contribution < -0.4 is 32.6 Å². The van der Waals surface area contributed by atoms with Crippen LogP contribution >= 0.6 is 0 Å². The number of aliphatic carboxylic acids is 1. The molecule has 0 saturated heterocycles. The highest BCUT2D eigenvalue weighted by atomic mass is 16.5. The van der Waals surface area contributed by atoms with Gasteiger partial charge in [-0.3, -0.25) is 24.0 Å². The fourth-order valence-electron chi connectivity index (χ4n) is 4.77. The summed E-state index contributed by atoms with van der Waals surface area (Å²) in [6.07, 6.45) is -0.755. The highest BCUT2D eigenvalue weighted by Gasteiger charge is 2.33. The second-order valence-corrected chi connectivity index (χ2v) is 10.2. The number of hydrogen-bond acceptors (Lipinski definition) is 9. The third-order valence-corrected chi connectivity index (χ3v) is 7.08. The van der Waals surface area contributed by atoms with E-state index in [1.54, 1.807) is 12.1 Å². The summed E-state index contributed by atoms with van der Waals surface area (Å²) in [5.74, 6) is -4.03. The third kappa shape index (κ3) is 7.33. The van der Waals surface area contributed by atoms with Crippen LogP contribution in [0.4, 0.5) is 0 Å². The number of benzene rings is 2. The molecule has 0 spiro atoms. The number of fused-ring (bicyclic) bond motifs is 2. The van der Waals surface area contributed by atoms with Crippen LogP contribution in [0.15, 0.2) is 36.4 Å². The Bertz CT molecular complexity index is 1410. The molecule has 3 atom stereocenters. The summed E-state index contributed by atoms with van der Waals surface area (Å²) < 4.78 is 10.3. The molecular formula is C26H30B2N4O10. The zero-order chi connectivity index (χ0) is 30.6. The highest BCUT2D eigenvalue weighted by molar-refractivity contribution is 6.62. The van der Waals surface area contributed by atoms with Gasteiger partial charge in [-0.2, -0.15) is 0 Å². The van der Waals surface area contributed by atoms with Crippen molar-refractivity contribution in [1.29, 1.82) is 0 Å². The van der Waals surface area contributed by atoms with Crippen LogP contribution in [0.1, 0.15) is 58.0 Å². The quantitative estimate of drug-likeness (QED) is 0.128. The van der Waals surface area contributed by atoms with E-state index in [1.165, 1.54) is 31.2 Å². The molecule has 42 heavy (non-hydrogen) atoms. The maximum absolute atomic E-state index is 13.4. The number of carbonyl (C=O) groups is 5. The van der Waals surface area contributed by atoms with E-state index in [1.807, 2.05) is 0 Å². The number of nitrogens with two attached hydrogens (primary N) is 1. The number of nitrogens with one attached hydrogen (secondary N) is 3. The van der Waals surface area contributed by atoms with Crippen LogP contribution in [0.3, 0.4) is 0 Å². The zero-order valence-electron chi connectivity index (χ0n) is 22.7. The van der Waals surface area contributed by atoms with Gasteiger partial charge in [0.25, 0.3) is 11.8 Å².